The number of carbonyl (C=O) groups is 1. The van der Waals surface area contributed by atoms with E-state index in [1.807, 2.05) is 33.8 Å². The smallest absolute Gasteiger partial charge is 0.407 e. The Labute approximate surface area is 119 Å². The molecule has 1 atom stereocenters. The van der Waals surface area contributed by atoms with Crippen LogP contribution in [0.5, 0.6) is 0 Å². The van der Waals surface area contributed by atoms with E-state index in [1.165, 1.54) is 0 Å². The molecule has 0 saturated carbocycles. The van der Waals surface area contributed by atoms with E-state index in [0.29, 0.717) is 6.54 Å². The van der Waals surface area contributed by atoms with Crippen molar-refractivity contribution < 1.29 is 9.53 Å². The van der Waals surface area contributed by atoms with Crippen molar-refractivity contribution in [3.63, 3.8) is 0 Å². The number of hydrogen-bond acceptors (Lipinski definition) is 5. The molecule has 6 nitrogen and oxygen atoms in total. The van der Waals surface area contributed by atoms with Gasteiger partial charge in [0.1, 0.15) is 5.60 Å². The van der Waals surface area contributed by atoms with E-state index in [4.69, 9.17) is 4.74 Å². The van der Waals surface area contributed by atoms with Gasteiger partial charge in [-0.05, 0) is 40.2 Å². The van der Waals surface area contributed by atoms with Crippen LogP contribution in [0.1, 0.15) is 32.9 Å². The van der Waals surface area contributed by atoms with E-state index in [-0.39, 0.29) is 12.1 Å². The van der Waals surface area contributed by atoms with E-state index in [9.17, 15) is 4.79 Å². The molecule has 0 bridgehead atoms. The van der Waals surface area contributed by atoms with Crippen molar-refractivity contribution in [1.29, 1.82) is 0 Å². The molecule has 20 heavy (non-hydrogen) atoms. The number of carbonyl (C=O) groups excluding carboxylic acids is 1. The van der Waals surface area contributed by atoms with Crippen LogP contribution in [0.15, 0.2) is 12.3 Å². The van der Waals surface area contributed by atoms with Crippen molar-refractivity contribution in [2.45, 2.75) is 45.8 Å². The van der Waals surface area contributed by atoms with Crippen LogP contribution >= 0.6 is 0 Å². The lowest BCUT2D eigenvalue weighted by molar-refractivity contribution is 0.0509. The average molecular weight is 278 g/mol. The fraction of sp³-hybridized carbons (Fsp3) is 0.643. The lowest BCUT2D eigenvalue weighted by atomic mass is 10.2. The molecule has 1 aromatic rings. The third-order valence-electron chi connectivity index (χ3n) is 2.97. The number of anilines is 1. The summed E-state index contributed by atoms with van der Waals surface area (Å²) in [5.74, 6) is 0.721. The largest absolute Gasteiger partial charge is 0.444 e. The predicted octanol–water partition coefficient (Wildman–Crippen LogP) is 1.89. The molecule has 1 aliphatic rings. The van der Waals surface area contributed by atoms with Gasteiger partial charge < -0.3 is 15.0 Å². The molecule has 1 N–H and O–H groups in total. The Morgan fingerprint density at radius 1 is 1.50 bits per heavy atom. The van der Waals surface area contributed by atoms with Crippen LogP contribution < -0.4 is 10.2 Å². The summed E-state index contributed by atoms with van der Waals surface area (Å²) in [5, 5.41) is 2.89. The number of hydrogen-bond donors (Lipinski definition) is 1. The molecule has 1 unspecified atom stereocenters. The summed E-state index contributed by atoms with van der Waals surface area (Å²) in [4.78, 5) is 22.5. The van der Waals surface area contributed by atoms with Gasteiger partial charge in [0.05, 0.1) is 6.04 Å². The summed E-state index contributed by atoms with van der Waals surface area (Å²) < 4.78 is 5.26. The molecule has 0 aromatic carbocycles. The van der Waals surface area contributed by atoms with Gasteiger partial charge in [0, 0.05) is 25.0 Å². The second-order valence-corrected chi connectivity index (χ2v) is 6.08. The van der Waals surface area contributed by atoms with Gasteiger partial charge in [-0.1, -0.05) is 0 Å². The Morgan fingerprint density at radius 2 is 2.25 bits per heavy atom. The third-order valence-corrected chi connectivity index (χ3v) is 2.97. The summed E-state index contributed by atoms with van der Waals surface area (Å²) in [7, 11) is 0. The molecule has 1 saturated heterocycles. The first-order valence-electron chi connectivity index (χ1n) is 6.87. The lowest BCUT2D eigenvalue weighted by Crippen LogP contribution is -2.40. The first-order valence-corrected chi connectivity index (χ1v) is 6.87. The number of nitrogens with one attached hydrogen (secondary N) is 1. The average Bonchev–Trinajstić information content (AvgIpc) is 2.74. The van der Waals surface area contributed by atoms with Crippen molar-refractivity contribution in [2.75, 3.05) is 18.0 Å². The highest BCUT2D eigenvalue weighted by atomic mass is 16.6. The number of amides is 1. The molecule has 1 aromatic heterocycles. The molecule has 6 heteroatoms. The first kappa shape index (κ1) is 14.6. The highest BCUT2D eigenvalue weighted by Gasteiger charge is 2.27. The number of aromatic nitrogens is 2. The van der Waals surface area contributed by atoms with Gasteiger partial charge in [-0.25, -0.2) is 14.8 Å². The standard InChI is InChI=1S/C14H22N4O2/c1-10-5-7-15-12(16-10)18-8-6-11(9-18)17-13(19)20-14(2,3)4/h5,7,11H,6,8-9H2,1-4H3,(H,17,19). The maximum absolute atomic E-state index is 11.7. The van der Waals surface area contributed by atoms with Gasteiger partial charge in [0.2, 0.25) is 5.95 Å². The van der Waals surface area contributed by atoms with E-state index in [0.717, 1.165) is 24.6 Å². The number of nitrogens with zero attached hydrogens (tertiary/aromatic N) is 3. The predicted molar refractivity (Wildman–Crippen MR) is 76.8 cm³/mol. The zero-order chi connectivity index (χ0) is 14.8. The van der Waals surface area contributed by atoms with Gasteiger partial charge in [0.25, 0.3) is 0 Å². The molecular weight excluding hydrogens is 256 g/mol. The molecule has 110 valence electrons. The maximum atomic E-state index is 11.7. The number of aryl methyl sites for hydroxylation is 1. The van der Waals surface area contributed by atoms with Crippen molar-refractivity contribution in [2.24, 2.45) is 0 Å². The van der Waals surface area contributed by atoms with Crippen LogP contribution in [-0.4, -0.2) is 40.8 Å². The monoisotopic (exact) mass is 278 g/mol. The molecule has 0 aliphatic carbocycles. The van der Waals surface area contributed by atoms with Gasteiger partial charge in [0.15, 0.2) is 0 Å². The van der Waals surface area contributed by atoms with Crippen molar-refractivity contribution in [1.82, 2.24) is 15.3 Å². The molecule has 0 spiro atoms. The fourth-order valence-corrected chi connectivity index (χ4v) is 2.12. The maximum Gasteiger partial charge on any atom is 0.407 e. The van der Waals surface area contributed by atoms with Gasteiger partial charge in [-0.15, -0.1) is 0 Å². The third kappa shape index (κ3) is 4.08. The SMILES string of the molecule is Cc1ccnc(N2CCC(NC(=O)OC(C)(C)C)C2)n1. The first-order chi connectivity index (χ1) is 9.33. The van der Waals surface area contributed by atoms with Crippen molar-refractivity contribution >= 4 is 12.0 Å². The van der Waals surface area contributed by atoms with E-state index in [2.05, 4.69) is 20.2 Å². The fourth-order valence-electron chi connectivity index (χ4n) is 2.12. The minimum atomic E-state index is -0.470. The molecule has 0 radical (unpaired) electrons. The molecule has 1 fully saturated rings. The van der Waals surface area contributed by atoms with E-state index >= 15 is 0 Å². The van der Waals surface area contributed by atoms with Crippen LogP contribution in [0.2, 0.25) is 0 Å². The summed E-state index contributed by atoms with van der Waals surface area (Å²) >= 11 is 0. The molecule has 1 amide bonds. The van der Waals surface area contributed by atoms with Gasteiger partial charge in [-0.3, -0.25) is 0 Å². The van der Waals surface area contributed by atoms with Crippen LogP contribution in [0.4, 0.5) is 10.7 Å². The van der Waals surface area contributed by atoms with Crippen molar-refractivity contribution in [3.05, 3.63) is 18.0 Å². The van der Waals surface area contributed by atoms with Crippen LogP contribution in [-0.2, 0) is 4.74 Å². The lowest BCUT2D eigenvalue weighted by Gasteiger charge is -2.22. The Bertz CT molecular complexity index is 484. The number of alkyl carbamates (subject to hydrolysis) is 1. The highest BCUT2D eigenvalue weighted by molar-refractivity contribution is 5.68. The quantitative estimate of drug-likeness (QED) is 0.894. The zero-order valence-corrected chi connectivity index (χ0v) is 12.5. The Balaban J connectivity index is 1.88. The van der Waals surface area contributed by atoms with Crippen LogP contribution in [0, 0.1) is 6.92 Å². The normalized spacial score (nSPS) is 19.0. The second kappa shape index (κ2) is 5.64. The number of rotatable bonds is 2. The Morgan fingerprint density at radius 3 is 2.90 bits per heavy atom. The Hall–Kier alpha value is -1.85. The minimum absolute atomic E-state index is 0.0777. The van der Waals surface area contributed by atoms with Crippen LogP contribution in [0.3, 0.4) is 0 Å². The summed E-state index contributed by atoms with van der Waals surface area (Å²) in [6.07, 6.45) is 2.26. The van der Waals surface area contributed by atoms with Crippen LogP contribution in [0.25, 0.3) is 0 Å². The van der Waals surface area contributed by atoms with Gasteiger partial charge >= 0.3 is 6.09 Å². The van der Waals surface area contributed by atoms with E-state index < -0.39 is 5.60 Å². The Kier molecular flexibility index (Phi) is 4.11. The zero-order valence-electron chi connectivity index (χ0n) is 12.5. The summed E-state index contributed by atoms with van der Waals surface area (Å²) in [5.41, 5.74) is 0.473. The van der Waals surface area contributed by atoms with Crippen molar-refractivity contribution in [3.8, 4) is 0 Å². The minimum Gasteiger partial charge on any atom is -0.444 e. The topological polar surface area (TPSA) is 67.4 Å². The second-order valence-electron chi connectivity index (χ2n) is 6.08. The molecule has 2 rings (SSSR count). The van der Waals surface area contributed by atoms with E-state index in [1.54, 1.807) is 6.20 Å². The molecule has 1 aliphatic heterocycles. The highest BCUT2D eigenvalue weighted by Crippen LogP contribution is 2.16. The van der Waals surface area contributed by atoms with Gasteiger partial charge in [-0.2, -0.15) is 0 Å². The summed E-state index contributed by atoms with van der Waals surface area (Å²) in [6.45, 7) is 9.06. The molecular formula is C14H22N4O2. The summed E-state index contributed by atoms with van der Waals surface area (Å²) in [6, 6.07) is 1.95. The molecule has 2 heterocycles. The number of ether oxygens (including phenoxy) is 1.